The van der Waals surface area contributed by atoms with Crippen molar-refractivity contribution in [1.29, 1.82) is 0 Å². The maximum atomic E-state index is 12.7. The van der Waals surface area contributed by atoms with Crippen molar-refractivity contribution in [2.24, 2.45) is 5.92 Å². The molecule has 1 aromatic carbocycles. The van der Waals surface area contributed by atoms with Crippen LogP contribution in [0.3, 0.4) is 0 Å². The number of carbonyl (C=O) groups excluding carboxylic acids is 1. The number of aromatic amines is 1. The zero-order chi connectivity index (χ0) is 19.8. The first-order valence-electron chi connectivity index (χ1n) is 9.35. The summed E-state index contributed by atoms with van der Waals surface area (Å²) in [6.45, 7) is 3.94. The first-order valence-corrected chi connectivity index (χ1v) is 10.2. The van der Waals surface area contributed by atoms with Crippen LogP contribution >= 0.6 is 11.3 Å². The molecule has 0 saturated heterocycles. The zero-order valence-corrected chi connectivity index (χ0v) is 16.9. The molecule has 146 valence electrons. The minimum Gasteiger partial charge on any atom is -0.497 e. The lowest BCUT2D eigenvalue weighted by molar-refractivity contribution is 0.0319. The molecule has 0 bridgehead atoms. The molecular weight excluding hydrogens is 376 g/mol. The predicted molar refractivity (Wildman–Crippen MR) is 108 cm³/mol. The summed E-state index contributed by atoms with van der Waals surface area (Å²) in [5, 5.41) is 0.696. The van der Waals surface area contributed by atoms with E-state index < -0.39 is 12.1 Å². The molecule has 4 rings (SSSR count). The summed E-state index contributed by atoms with van der Waals surface area (Å²) in [6, 6.07) is 6.75. The van der Waals surface area contributed by atoms with Gasteiger partial charge in [0, 0.05) is 4.88 Å². The average molecular weight is 398 g/mol. The van der Waals surface area contributed by atoms with Gasteiger partial charge in [-0.3, -0.25) is 4.79 Å². The Kier molecular flexibility index (Phi) is 4.93. The molecule has 28 heavy (non-hydrogen) atoms. The molecule has 2 atom stereocenters. The first kappa shape index (κ1) is 18.7. The summed E-state index contributed by atoms with van der Waals surface area (Å²) in [6.07, 6.45) is 2.33. The molecule has 2 aromatic heterocycles. The number of methoxy groups -OCH3 is 1. The number of H-pyrrole nitrogens is 1. The standard InChI is InChI=1S/C21H22N2O4S/c1-11-7-8-15-16(9-11)28-20-17(15)19(24)22-18(23-20)12(2)27-21(25)13-5-4-6-14(10-13)26-3/h4-6,10-12H,7-9H2,1-3H3,(H,22,23,24)/t11-,12+/m1/s1. The zero-order valence-electron chi connectivity index (χ0n) is 16.1. The van der Waals surface area contributed by atoms with E-state index in [9.17, 15) is 9.59 Å². The number of carbonyl (C=O) groups is 1. The number of esters is 1. The summed E-state index contributed by atoms with van der Waals surface area (Å²) in [5.41, 5.74) is 1.37. The van der Waals surface area contributed by atoms with Crippen LogP contribution in [0.15, 0.2) is 29.1 Å². The largest absolute Gasteiger partial charge is 0.497 e. The third-order valence-electron chi connectivity index (χ3n) is 5.16. The van der Waals surface area contributed by atoms with Gasteiger partial charge in [0.15, 0.2) is 11.9 Å². The second kappa shape index (κ2) is 7.39. The van der Waals surface area contributed by atoms with Crippen molar-refractivity contribution in [1.82, 2.24) is 9.97 Å². The summed E-state index contributed by atoms with van der Waals surface area (Å²) in [7, 11) is 1.54. The van der Waals surface area contributed by atoms with E-state index in [0.29, 0.717) is 28.4 Å². The molecule has 2 heterocycles. The van der Waals surface area contributed by atoms with Gasteiger partial charge in [-0.25, -0.2) is 9.78 Å². The molecule has 0 radical (unpaired) electrons. The van der Waals surface area contributed by atoms with E-state index >= 15 is 0 Å². The number of hydrogen-bond acceptors (Lipinski definition) is 6. The Morgan fingerprint density at radius 2 is 2.21 bits per heavy atom. The van der Waals surface area contributed by atoms with Crippen LogP contribution in [-0.2, 0) is 17.6 Å². The van der Waals surface area contributed by atoms with E-state index in [4.69, 9.17) is 9.47 Å². The Labute approximate surface area is 166 Å². The summed E-state index contributed by atoms with van der Waals surface area (Å²) >= 11 is 1.58. The van der Waals surface area contributed by atoms with Crippen LogP contribution in [0.1, 0.15) is 53.0 Å². The monoisotopic (exact) mass is 398 g/mol. The normalized spacial score (nSPS) is 17.2. The molecule has 0 amide bonds. The maximum Gasteiger partial charge on any atom is 0.338 e. The quantitative estimate of drug-likeness (QED) is 0.671. The molecule has 0 unspecified atom stereocenters. The van der Waals surface area contributed by atoms with Crippen LogP contribution in [-0.4, -0.2) is 23.0 Å². The number of rotatable bonds is 4. The van der Waals surface area contributed by atoms with Crippen molar-refractivity contribution in [3.05, 3.63) is 56.4 Å². The smallest absolute Gasteiger partial charge is 0.338 e. The van der Waals surface area contributed by atoms with Crippen LogP contribution < -0.4 is 10.3 Å². The molecular formula is C21H22N2O4S. The number of nitrogens with one attached hydrogen (secondary N) is 1. The molecule has 0 fully saturated rings. The van der Waals surface area contributed by atoms with Gasteiger partial charge in [-0.15, -0.1) is 11.3 Å². The Bertz CT molecular complexity index is 1100. The molecule has 1 aliphatic rings. The third-order valence-corrected chi connectivity index (χ3v) is 6.31. The first-order chi connectivity index (χ1) is 13.5. The van der Waals surface area contributed by atoms with Crippen LogP contribution in [0.2, 0.25) is 0 Å². The minimum absolute atomic E-state index is 0.156. The van der Waals surface area contributed by atoms with E-state index in [2.05, 4.69) is 16.9 Å². The van der Waals surface area contributed by atoms with Crippen LogP contribution in [0.4, 0.5) is 0 Å². The Hall–Kier alpha value is -2.67. The van der Waals surface area contributed by atoms with Crippen molar-refractivity contribution in [3.8, 4) is 5.75 Å². The third kappa shape index (κ3) is 3.42. The molecule has 3 aromatic rings. The number of benzene rings is 1. The maximum absolute atomic E-state index is 12.7. The number of thiophene rings is 1. The summed E-state index contributed by atoms with van der Waals surface area (Å²) in [4.78, 5) is 34.6. The SMILES string of the molecule is COc1cccc(C(=O)O[C@@H](C)c2nc3sc4c(c3c(=O)[nH]2)CC[C@@H](C)C4)c1. The highest BCUT2D eigenvalue weighted by Crippen LogP contribution is 2.36. The summed E-state index contributed by atoms with van der Waals surface area (Å²) < 4.78 is 10.7. The average Bonchev–Trinajstić information content (AvgIpc) is 3.05. The van der Waals surface area contributed by atoms with Crippen molar-refractivity contribution in [2.45, 2.75) is 39.2 Å². The van der Waals surface area contributed by atoms with Crippen LogP contribution in [0.5, 0.6) is 5.75 Å². The van der Waals surface area contributed by atoms with E-state index in [0.717, 1.165) is 29.7 Å². The Balaban J connectivity index is 1.61. The van der Waals surface area contributed by atoms with Gasteiger partial charge in [0.25, 0.3) is 5.56 Å². The van der Waals surface area contributed by atoms with E-state index in [1.807, 2.05) is 0 Å². The lowest BCUT2D eigenvalue weighted by Gasteiger charge is -2.17. The van der Waals surface area contributed by atoms with Crippen molar-refractivity contribution in [3.63, 3.8) is 0 Å². The minimum atomic E-state index is -0.672. The lowest BCUT2D eigenvalue weighted by Crippen LogP contribution is -2.18. The number of ether oxygens (including phenoxy) is 2. The molecule has 0 saturated carbocycles. The molecule has 0 aliphatic heterocycles. The molecule has 1 N–H and O–H groups in total. The molecule has 0 spiro atoms. The second-order valence-electron chi connectivity index (χ2n) is 7.26. The highest BCUT2D eigenvalue weighted by molar-refractivity contribution is 7.18. The molecule has 6 nitrogen and oxygen atoms in total. The van der Waals surface area contributed by atoms with E-state index in [1.165, 1.54) is 4.88 Å². The number of fused-ring (bicyclic) bond motifs is 3. The van der Waals surface area contributed by atoms with Gasteiger partial charge in [-0.1, -0.05) is 13.0 Å². The van der Waals surface area contributed by atoms with Gasteiger partial charge >= 0.3 is 5.97 Å². The van der Waals surface area contributed by atoms with Gasteiger partial charge in [-0.2, -0.15) is 0 Å². The fourth-order valence-corrected chi connectivity index (χ4v) is 4.98. The second-order valence-corrected chi connectivity index (χ2v) is 8.35. The number of nitrogens with zero attached hydrogens (tertiary/aromatic N) is 1. The fourth-order valence-electron chi connectivity index (χ4n) is 3.59. The number of aromatic nitrogens is 2. The highest BCUT2D eigenvalue weighted by atomic mass is 32.1. The highest BCUT2D eigenvalue weighted by Gasteiger charge is 2.24. The lowest BCUT2D eigenvalue weighted by atomic mass is 9.89. The predicted octanol–water partition coefficient (Wildman–Crippen LogP) is 4.04. The fraction of sp³-hybridized carbons (Fsp3) is 0.381. The topological polar surface area (TPSA) is 81.3 Å². The van der Waals surface area contributed by atoms with Gasteiger partial charge in [-0.05, 0) is 55.9 Å². The van der Waals surface area contributed by atoms with Gasteiger partial charge < -0.3 is 14.5 Å². The number of hydrogen-bond donors (Lipinski definition) is 1. The number of aryl methyl sites for hydroxylation is 1. The molecule has 7 heteroatoms. The van der Waals surface area contributed by atoms with E-state index in [1.54, 1.807) is 49.6 Å². The Morgan fingerprint density at radius 3 is 3.00 bits per heavy atom. The van der Waals surface area contributed by atoms with Crippen molar-refractivity contribution in [2.75, 3.05) is 7.11 Å². The van der Waals surface area contributed by atoms with Gasteiger partial charge in [0.05, 0.1) is 18.1 Å². The molecule has 1 aliphatic carbocycles. The van der Waals surface area contributed by atoms with Crippen molar-refractivity contribution < 1.29 is 14.3 Å². The van der Waals surface area contributed by atoms with Gasteiger partial charge in [0.2, 0.25) is 0 Å². The van der Waals surface area contributed by atoms with Crippen LogP contribution in [0.25, 0.3) is 10.2 Å². The summed E-state index contributed by atoms with van der Waals surface area (Å²) in [5.74, 6) is 1.07. The Morgan fingerprint density at radius 1 is 1.39 bits per heavy atom. The van der Waals surface area contributed by atoms with Crippen LogP contribution in [0, 0.1) is 5.92 Å². The van der Waals surface area contributed by atoms with Gasteiger partial charge in [0.1, 0.15) is 10.6 Å². The van der Waals surface area contributed by atoms with Crippen molar-refractivity contribution >= 4 is 27.5 Å². The van der Waals surface area contributed by atoms with E-state index in [-0.39, 0.29) is 5.56 Å².